The molecule has 1 aromatic heterocycles. The van der Waals surface area contributed by atoms with Gasteiger partial charge in [-0.05, 0) is 43.2 Å². The number of anilines is 1. The number of amides is 1. The van der Waals surface area contributed by atoms with E-state index in [-0.39, 0.29) is 12.0 Å². The third-order valence-corrected chi connectivity index (χ3v) is 6.60. The second-order valence-electron chi connectivity index (χ2n) is 6.82. The fourth-order valence-corrected chi connectivity index (χ4v) is 4.89. The SMILES string of the molecule is COc1ccc(OC)c2sc(N(CC3CCCO3)C(=O)c3cc(Cl)ccc3Cl)nc12. The van der Waals surface area contributed by atoms with Crippen LogP contribution >= 0.6 is 34.5 Å². The molecule has 0 N–H and O–H groups in total. The van der Waals surface area contributed by atoms with Gasteiger partial charge in [-0.25, -0.2) is 4.98 Å². The van der Waals surface area contributed by atoms with Crippen LogP contribution in [0.5, 0.6) is 11.5 Å². The zero-order valence-corrected chi connectivity index (χ0v) is 18.8. The number of benzene rings is 2. The Morgan fingerprint density at radius 1 is 1.23 bits per heavy atom. The number of nitrogens with zero attached hydrogens (tertiary/aromatic N) is 2. The number of ether oxygens (including phenoxy) is 3. The Labute approximate surface area is 188 Å². The molecular formula is C21H20Cl2N2O4S. The Kier molecular flexibility index (Phi) is 6.34. The van der Waals surface area contributed by atoms with Gasteiger partial charge in [0.1, 0.15) is 21.7 Å². The minimum Gasteiger partial charge on any atom is -0.495 e. The van der Waals surface area contributed by atoms with Crippen molar-refractivity contribution in [1.82, 2.24) is 4.98 Å². The van der Waals surface area contributed by atoms with Gasteiger partial charge in [0.25, 0.3) is 5.91 Å². The lowest BCUT2D eigenvalue weighted by Gasteiger charge is -2.23. The lowest BCUT2D eigenvalue weighted by molar-refractivity contribution is 0.0917. The highest BCUT2D eigenvalue weighted by Crippen LogP contribution is 2.41. The first-order valence-electron chi connectivity index (χ1n) is 9.42. The fourth-order valence-electron chi connectivity index (χ4n) is 3.44. The van der Waals surface area contributed by atoms with Crippen molar-refractivity contribution in [1.29, 1.82) is 0 Å². The summed E-state index contributed by atoms with van der Waals surface area (Å²) < 4.78 is 17.5. The van der Waals surface area contributed by atoms with Crippen molar-refractivity contribution < 1.29 is 19.0 Å². The van der Waals surface area contributed by atoms with E-state index in [0.29, 0.717) is 50.9 Å². The van der Waals surface area contributed by atoms with Crippen LogP contribution in [0.25, 0.3) is 10.2 Å². The highest BCUT2D eigenvalue weighted by molar-refractivity contribution is 7.22. The van der Waals surface area contributed by atoms with Crippen molar-refractivity contribution in [2.45, 2.75) is 18.9 Å². The zero-order valence-electron chi connectivity index (χ0n) is 16.5. The third kappa shape index (κ3) is 4.07. The highest BCUT2D eigenvalue weighted by Gasteiger charge is 2.29. The molecule has 1 aliphatic rings. The first-order valence-corrected chi connectivity index (χ1v) is 11.0. The summed E-state index contributed by atoms with van der Waals surface area (Å²) in [4.78, 5) is 19.9. The van der Waals surface area contributed by atoms with Crippen LogP contribution in [0.3, 0.4) is 0 Å². The smallest absolute Gasteiger partial charge is 0.261 e. The van der Waals surface area contributed by atoms with Crippen LogP contribution in [-0.2, 0) is 4.74 Å². The van der Waals surface area contributed by atoms with E-state index >= 15 is 0 Å². The van der Waals surface area contributed by atoms with E-state index in [4.69, 9.17) is 42.4 Å². The second kappa shape index (κ2) is 8.98. The van der Waals surface area contributed by atoms with E-state index in [2.05, 4.69) is 0 Å². The number of thiazole rings is 1. The monoisotopic (exact) mass is 466 g/mol. The maximum absolute atomic E-state index is 13.5. The van der Waals surface area contributed by atoms with Crippen molar-refractivity contribution in [2.24, 2.45) is 0 Å². The van der Waals surface area contributed by atoms with Gasteiger partial charge in [-0.1, -0.05) is 34.5 Å². The summed E-state index contributed by atoms with van der Waals surface area (Å²) in [6.45, 7) is 1.05. The number of hydrogen-bond acceptors (Lipinski definition) is 6. The number of hydrogen-bond donors (Lipinski definition) is 0. The lowest BCUT2D eigenvalue weighted by Crippen LogP contribution is -2.37. The van der Waals surface area contributed by atoms with Gasteiger partial charge in [-0.2, -0.15) is 0 Å². The molecule has 9 heteroatoms. The maximum Gasteiger partial charge on any atom is 0.261 e. The van der Waals surface area contributed by atoms with Gasteiger partial charge in [0.15, 0.2) is 5.13 Å². The van der Waals surface area contributed by atoms with E-state index in [1.807, 2.05) is 6.07 Å². The molecule has 1 atom stereocenters. The topological polar surface area (TPSA) is 60.9 Å². The Morgan fingerprint density at radius 2 is 2.00 bits per heavy atom. The molecule has 158 valence electrons. The number of fused-ring (bicyclic) bond motifs is 1. The summed E-state index contributed by atoms with van der Waals surface area (Å²) in [7, 11) is 3.18. The molecule has 1 unspecified atom stereocenters. The lowest BCUT2D eigenvalue weighted by atomic mass is 10.1. The van der Waals surface area contributed by atoms with Crippen LogP contribution in [0.1, 0.15) is 23.2 Å². The van der Waals surface area contributed by atoms with E-state index in [1.165, 1.54) is 11.3 Å². The molecule has 2 aromatic carbocycles. The van der Waals surface area contributed by atoms with Crippen molar-refractivity contribution in [2.75, 3.05) is 32.3 Å². The first-order chi connectivity index (χ1) is 14.5. The predicted octanol–water partition coefficient (Wildman–Crippen LogP) is 5.45. The molecule has 2 heterocycles. The average molecular weight is 467 g/mol. The third-order valence-electron chi connectivity index (χ3n) is 4.94. The van der Waals surface area contributed by atoms with Gasteiger partial charge in [0.05, 0.1) is 37.5 Å². The standard InChI is InChI=1S/C21H20Cl2N2O4S/c1-27-16-7-8-17(28-2)19-18(16)24-21(30-19)25(11-13-4-3-9-29-13)20(26)14-10-12(22)5-6-15(14)23/h5-8,10,13H,3-4,9,11H2,1-2H3. The van der Waals surface area contributed by atoms with E-state index in [1.54, 1.807) is 43.4 Å². The fraction of sp³-hybridized carbons (Fsp3) is 0.333. The Balaban J connectivity index is 1.81. The van der Waals surface area contributed by atoms with Gasteiger partial charge in [0, 0.05) is 11.6 Å². The summed E-state index contributed by atoms with van der Waals surface area (Å²) in [5, 5.41) is 1.29. The largest absolute Gasteiger partial charge is 0.495 e. The number of aromatic nitrogens is 1. The van der Waals surface area contributed by atoms with Crippen molar-refractivity contribution >= 4 is 55.8 Å². The summed E-state index contributed by atoms with van der Waals surface area (Å²) in [6, 6.07) is 8.46. The highest BCUT2D eigenvalue weighted by atomic mass is 35.5. The quantitative estimate of drug-likeness (QED) is 0.483. The molecule has 0 radical (unpaired) electrons. The van der Waals surface area contributed by atoms with Crippen LogP contribution in [0.15, 0.2) is 30.3 Å². The van der Waals surface area contributed by atoms with E-state index in [9.17, 15) is 4.79 Å². The van der Waals surface area contributed by atoms with Gasteiger partial charge in [-0.3, -0.25) is 9.69 Å². The van der Waals surface area contributed by atoms with E-state index in [0.717, 1.165) is 17.5 Å². The van der Waals surface area contributed by atoms with Gasteiger partial charge in [-0.15, -0.1) is 0 Å². The van der Waals surface area contributed by atoms with Gasteiger partial charge >= 0.3 is 0 Å². The zero-order chi connectivity index (χ0) is 21.3. The molecule has 3 aromatic rings. The van der Waals surface area contributed by atoms with E-state index < -0.39 is 0 Å². The molecular weight excluding hydrogens is 447 g/mol. The van der Waals surface area contributed by atoms with Crippen molar-refractivity contribution in [3.63, 3.8) is 0 Å². The molecule has 1 aliphatic heterocycles. The minimum atomic E-state index is -0.282. The molecule has 0 aliphatic carbocycles. The van der Waals surface area contributed by atoms with Crippen molar-refractivity contribution in [3.8, 4) is 11.5 Å². The maximum atomic E-state index is 13.5. The van der Waals surface area contributed by atoms with Crippen molar-refractivity contribution in [3.05, 3.63) is 45.9 Å². The Morgan fingerprint density at radius 3 is 2.70 bits per heavy atom. The van der Waals surface area contributed by atoms with Crippen LogP contribution in [-0.4, -0.2) is 44.4 Å². The number of halogens is 2. The van der Waals surface area contributed by atoms with Gasteiger partial charge < -0.3 is 14.2 Å². The second-order valence-corrected chi connectivity index (χ2v) is 8.64. The number of carbonyl (C=O) groups excluding carboxylic acids is 1. The number of carbonyl (C=O) groups is 1. The summed E-state index contributed by atoms with van der Waals surface area (Å²) in [6.07, 6.45) is 1.78. The Bertz CT molecular complexity index is 1040. The summed E-state index contributed by atoms with van der Waals surface area (Å²) in [5.74, 6) is 0.994. The molecule has 1 amide bonds. The van der Waals surface area contributed by atoms with Crippen LogP contribution in [0.2, 0.25) is 10.0 Å². The molecule has 1 fully saturated rings. The molecule has 4 rings (SSSR count). The summed E-state index contributed by atoms with van der Waals surface area (Å²) in [5.41, 5.74) is 0.958. The predicted molar refractivity (Wildman–Crippen MR) is 120 cm³/mol. The molecule has 6 nitrogen and oxygen atoms in total. The van der Waals surface area contributed by atoms with Crippen LogP contribution in [0, 0.1) is 0 Å². The first kappa shape index (κ1) is 21.2. The van der Waals surface area contributed by atoms with Gasteiger partial charge in [0.2, 0.25) is 0 Å². The molecule has 1 saturated heterocycles. The van der Waals surface area contributed by atoms with Crippen LogP contribution < -0.4 is 14.4 Å². The Hall–Kier alpha value is -2.06. The normalized spacial score (nSPS) is 16.1. The molecule has 0 saturated carbocycles. The van der Waals surface area contributed by atoms with Crippen LogP contribution in [0.4, 0.5) is 5.13 Å². The minimum absolute atomic E-state index is 0.0669. The molecule has 0 spiro atoms. The number of rotatable bonds is 6. The molecule has 30 heavy (non-hydrogen) atoms. The number of methoxy groups -OCH3 is 2. The molecule has 0 bridgehead atoms. The average Bonchev–Trinajstić information content (AvgIpc) is 3.42. The summed E-state index contributed by atoms with van der Waals surface area (Å²) >= 11 is 13.8.